The van der Waals surface area contributed by atoms with Crippen molar-refractivity contribution in [3.63, 3.8) is 0 Å². The number of rotatable bonds is 8. The predicted molar refractivity (Wildman–Crippen MR) is 102 cm³/mol. The molecule has 2 aromatic carbocycles. The van der Waals surface area contributed by atoms with E-state index >= 15 is 0 Å². The molecular formula is C19H20N2O5S. The standard InChI is InChI=1S/C19H20N2O5S/c1-3-11-20-27(24,25)17-6-4-5-15(12-17)19(23)26-13-18(22)21-16-9-7-14(2)8-10-16/h3-10,12,20H,1,11,13H2,2H3,(H,21,22). The number of hydrogen-bond acceptors (Lipinski definition) is 5. The summed E-state index contributed by atoms with van der Waals surface area (Å²) in [7, 11) is -3.76. The zero-order valence-corrected chi connectivity index (χ0v) is 15.6. The number of benzene rings is 2. The number of amides is 1. The fourth-order valence-electron chi connectivity index (χ4n) is 2.09. The summed E-state index contributed by atoms with van der Waals surface area (Å²) in [6.45, 7) is 4.94. The van der Waals surface area contributed by atoms with Gasteiger partial charge in [-0.2, -0.15) is 0 Å². The van der Waals surface area contributed by atoms with Gasteiger partial charge in [-0.15, -0.1) is 6.58 Å². The first-order valence-electron chi connectivity index (χ1n) is 8.06. The highest BCUT2D eigenvalue weighted by atomic mass is 32.2. The van der Waals surface area contributed by atoms with Gasteiger partial charge in [-0.3, -0.25) is 4.79 Å². The van der Waals surface area contributed by atoms with E-state index in [1.165, 1.54) is 30.3 Å². The van der Waals surface area contributed by atoms with Gasteiger partial charge in [-0.05, 0) is 37.3 Å². The average Bonchev–Trinajstić information content (AvgIpc) is 2.66. The van der Waals surface area contributed by atoms with Crippen LogP contribution < -0.4 is 10.0 Å². The molecular weight excluding hydrogens is 368 g/mol. The van der Waals surface area contributed by atoms with Gasteiger partial charge < -0.3 is 10.1 Å². The lowest BCUT2D eigenvalue weighted by Crippen LogP contribution is -2.24. The summed E-state index contributed by atoms with van der Waals surface area (Å²) in [6.07, 6.45) is 1.41. The van der Waals surface area contributed by atoms with Crippen molar-refractivity contribution in [2.75, 3.05) is 18.5 Å². The van der Waals surface area contributed by atoms with Crippen LogP contribution in [-0.4, -0.2) is 33.4 Å². The summed E-state index contributed by atoms with van der Waals surface area (Å²) in [5.74, 6) is -1.29. The Labute approximate surface area is 158 Å². The molecule has 0 heterocycles. The number of hydrogen-bond donors (Lipinski definition) is 2. The molecule has 27 heavy (non-hydrogen) atoms. The Morgan fingerprint density at radius 3 is 2.52 bits per heavy atom. The second-order valence-corrected chi connectivity index (χ2v) is 7.43. The monoisotopic (exact) mass is 388 g/mol. The average molecular weight is 388 g/mol. The van der Waals surface area contributed by atoms with Crippen molar-refractivity contribution in [1.29, 1.82) is 0 Å². The van der Waals surface area contributed by atoms with E-state index in [-0.39, 0.29) is 17.0 Å². The fourth-order valence-corrected chi connectivity index (χ4v) is 3.13. The number of carbonyl (C=O) groups is 2. The Hall–Kier alpha value is -2.97. The van der Waals surface area contributed by atoms with Crippen LogP contribution in [0.1, 0.15) is 15.9 Å². The van der Waals surface area contributed by atoms with E-state index in [1.807, 2.05) is 19.1 Å². The van der Waals surface area contributed by atoms with Crippen LogP contribution in [0, 0.1) is 6.92 Å². The Balaban J connectivity index is 1.97. The number of anilines is 1. The second kappa shape index (κ2) is 9.11. The molecule has 0 aliphatic carbocycles. The van der Waals surface area contributed by atoms with E-state index < -0.39 is 28.5 Å². The molecule has 0 aromatic heterocycles. The lowest BCUT2D eigenvalue weighted by molar-refractivity contribution is -0.119. The molecule has 0 bridgehead atoms. The molecule has 0 unspecified atom stereocenters. The molecule has 0 radical (unpaired) electrons. The van der Waals surface area contributed by atoms with Crippen LogP contribution in [0.5, 0.6) is 0 Å². The number of ether oxygens (including phenoxy) is 1. The molecule has 0 aliphatic heterocycles. The summed E-state index contributed by atoms with van der Waals surface area (Å²) >= 11 is 0. The maximum Gasteiger partial charge on any atom is 0.338 e. The molecule has 0 aliphatic rings. The zero-order chi connectivity index (χ0) is 19.9. The molecule has 1 amide bonds. The van der Waals surface area contributed by atoms with E-state index in [1.54, 1.807) is 12.1 Å². The number of esters is 1. The van der Waals surface area contributed by atoms with E-state index in [0.717, 1.165) is 5.56 Å². The first-order valence-corrected chi connectivity index (χ1v) is 9.54. The van der Waals surface area contributed by atoms with Gasteiger partial charge in [0.15, 0.2) is 6.61 Å². The van der Waals surface area contributed by atoms with Gasteiger partial charge in [0.05, 0.1) is 10.5 Å². The van der Waals surface area contributed by atoms with Crippen molar-refractivity contribution in [1.82, 2.24) is 4.72 Å². The van der Waals surface area contributed by atoms with Gasteiger partial charge >= 0.3 is 5.97 Å². The molecule has 142 valence electrons. The van der Waals surface area contributed by atoms with Crippen LogP contribution in [-0.2, 0) is 19.6 Å². The SMILES string of the molecule is C=CCNS(=O)(=O)c1cccc(C(=O)OCC(=O)Nc2ccc(C)cc2)c1. The predicted octanol–water partition coefficient (Wildman–Crippen LogP) is 2.25. The highest BCUT2D eigenvalue weighted by Crippen LogP contribution is 2.13. The van der Waals surface area contributed by atoms with Gasteiger partial charge in [-0.25, -0.2) is 17.9 Å². The maximum absolute atomic E-state index is 12.1. The van der Waals surface area contributed by atoms with Crippen molar-refractivity contribution >= 4 is 27.6 Å². The molecule has 2 aromatic rings. The number of aryl methyl sites for hydroxylation is 1. The number of nitrogens with one attached hydrogen (secondary N) is 2. The van der Waals surface area contributed by atoms with E-state index in [9.17, 15) is 18.0 Å². The summed E-state index contributed by atoms with van der Waals surface area (Å²) in [6, 6.07) is 12.5. The van der Waals surface area contributed by atoms with Gasteiger partial charge in [-0.1, -0.05) is 29.8 Å². The molecule has 0 saturated carbocycles. The molecule has 0 fully saturated rings. The third-order valence-corrected chi connectivity index (χ3v) is 4.89. The third-order valence-electron chi connectivity index (χ3n) is 3.47. The van der Waals surface area contributed by atoms with Crippen LogP contribution in [0.4, 0.5) is 5.69 Å². The van der Waals surface area contributed by atoms with E-state index in [0.29, 0.717) is 5.69 Å². The lowest BCUT2D eigenvalue weighted by atomic mass is 10.2. The number of carbonyl (C=O) groups excluding carboxylic acids is 2. The Kier molecular flexibility index (Phi) is 6.86. The fraction of sp³-hybridized carbons (Fsp3) is 0.158. The van der Waals surface area contributed by atoms with Crippen molar-refractivity contribution in [2.24, 2.45) is 0 Å². The van der Waals surface area contributed by atoms with Crippen LogP contribution in [0.15, 0.2) is 66.1 Å². The van der Waals surface area contributed by atoms with Crippen LogP contribution in [0.3, 0.4) is 0 Å². The van der Waals surface area contributed by atoms with Gasteiger partial charge in [0, 0.05) is 12.2 Å². The van der Waals surface area contributed by atoms with Crippen molar-refractivity contribution in [2.45, 2.75) is 11.8 Å². The van der Waals surface area contributed by atoms with Crippen molar-refractivity contribution in [3.05, 3.63) is 72.3 Å². The lowest BCUT2D eigenvalue weighted by Gasteiger charge is -2.08. The molecule has 0 saturated heterocycles. The first-order chi connectivity index (χ1) is 12.8. The molecule has 2 rings (SSSR count). The smallest absolute Gasteiger partial charge is 0.338 e. The third kappa shape index (κ3) is 6.05. The van der Waals surface area contributed by atoms with Gasteiger partial charge in [0.1, 0.15) is 0 Å². The molecule has 0 atom stereocenters. The van der Waals surface area contributed by atoms with Crippen molar-refractivity contribution < 1.29 is 22.7 Å². The second-order valence-electron chi connectivity index (χ2n) is 5.66. The van der Waals surface area contributed by atoms with E-state index in [2.05, 4.69) is 16.6 Å². The largest absolute Gasteiger partial charge is 0.452 e. The Morgan fingerprint density at radius 1 is 1.15 bits per heavy atom. The van der Waals surface area contributed by atoms with Crippen molar-refractivity contribution in [3.8, 4) is 0 Å². The summed E-state index contributed by atoms with van der Waals surface area (Å²) in [4.78, 5) is 23.9. The highest BCUT2D eigenvalue weighted by Gasteiger charge is 2.17. The van der Waals surface area contributed by atoms with Gasteiger partial charge in [0.2, 0.25) is 10.0 Å². The molecule has 8 heteroatoms. The minimum atomic E-state index is -3.76. The summed E-state index contributed by atoms with van der Waals surface area (Å²) in [5.41, 5.74) is 1.67. The van der Waals surface area contributed by atoms with Crippen LogP contribution in [0.2, 0.25) is 0 Å². The van der Waals surface area contributed by atoms with Crippen LogP contribution >= 0.6 is 0 Å². The topological polar surface area (TPSA) is 102 Å². The van der Waals surface area contributed by atoms with E-state index in [4.69, 9.17) is 4.74 Å². The maximum atomic E-state index is 12.1. The normalized spacial score (nSPS) is 10.9. The molecule has 2 N–H and O–H groups in total. The summed E-state index contributed by atoms with van der Waals surface area (Å²) in [5, 5.41) is 2.60. The Bertz CT molecular complexity index is 937. The zero-order valence-electron chi connectivity index (χ0n) is 14.8. The number of sulfonamides is 1. The Morgan fingerprint density at radius 2 is 1.85 bits per heavy atom. The molecule has 7 nitrogen and oxygen atoms in total. The summed E-state index contributed by atoms with van der Waals surface area (Å²) < 4.78 is 31.4. The highest BCUT2D eigenvalue weighted by molar-refractivity contribution is 7.89. The van der Waals surface area contributed by atoms with Crippen LogP contribution in [0.25, 0.3) is 0 Å². The first kappa shape index (κ1) is 20.3. The molecule has 0 spiro atoms. The van der Waals surface area contributed by atoms with Gasteiger partial charge in [0.25, 0.3) is 5.91 Å². The minimum Gasteiger partial charge on any atom is -0.452 e. The minimum absolute atomic E-state index is 0.0274. The quantitative estimate of drug-likeness (QED) is 0.533.